The molecule has 3 rings (SSSR count). The van der Waals surface area contributed by atoms with E-state index >= 15 is 0 Å². The molecule has 1 amide bonds. The fraction of sp³-hybridized carbons (Fsp3) is 0.400. The van der Waals surface area contributed by atoms with Crippen LogP contribution in [-0.2, 0) is 14.6 Å². The highest BCUT2D eigenvalue weighted by Gasteiger charge is 2.34. The van der Waals surface area contributed by atoms with Gasteiger partial charge in [-0.15, -0.1) is 0 Å². The molecule has 0 radical (unpaired) electrons. The largest absolute Gasteiger partial charge is 0.488 e. The molecule has 0 aromatic heterocycles. The SMILES string of the molecule is CN(C(=O)C1=Cc2cc(Br)ccc2OC1)[C@H]1CCS(=O)(=O)C1. The van der Waals surface area contributed by atoms with E-state index < -0.39 is 9.84 Å². The number of hydrogen-bond acceptors (Lipinski definition) is 4. The van der Waals surface area contributed by atoms with Crippen molar-refractivity contribution < 1.29 is 17.9 Å². The van der Waals surface area contributed by atoms with Gasteiger partial charge in [-0.05, 0) is 30.7 Å². The number of sulfone groups is 1. The van der Waals surface area contributed by atoms with Gasteiger partial charge in [0.15, 0.2) is 9.84 Å². The first-order valence-corrected chi connectivity index (χ1v) is 9.58. The van der Waals surface area contributed by atoms with E-state index in [1.165, 1.54) is 4.90 Å². The Hall–Kier alpha value is -1.34. The van der Waals surface area contributed by atoms with Gasteiger partial charge in [0, 0.05) is 23.1 Å². The van der Waals surface area contributed by atoms with Gasteiger partial charge in [-0.25, -0.2) is 8.42 Å². The van der Waals surface area contributed by atoms with Crippen molar-refractivity contribution in [1.82, 2.24) is 4.90 Å². The van der Waals surface area contributed by atoms with Crippen molar-refractivity contribution in [1.29, 1.82) is 0 Å². The Kier molecular flexibility index (Phi) is 4.03. The van der Waals surface area contributed by atoms with E-state index in [0.29, 0.717) is 12.0 Å². The summed E-state index contributed by atoms with van der Waals surface area (Å²) >= 11 is 3.40. The molecule has 1 saturated heterocycles. The summed E-state index contributed by atoms with van der Waals surface area (Å²) < 4.78 is 29.6. The monoisotopic (exact) mass is 385 g/mol. The average Bonchev–Trinajstić information content (AvgIpc) is 2.85. The molecular formula is C15H16BrNO4S. The predicted octanol–water partition coefficient (Wildman–Crippen LogP) is 1.87. The summed E-state index contributed by atoms with van der Waals surface area (Å²) in [6.07, 6.45) is 2.31. The number of rotatable bonds is 2. The van der Waals surface area contributed by atoms with Crippen LogP contribution in [0.5, 0.6) is 5.75 Å². The van der Waals surface area contributed by atoms with E-state index in [1.807, 2.05) is 24.3 Å². The third-order valence-electron chi connectivity index (χ3n) is 4.04. The maximum Gasteiger partial charge on any atom is 0.253 e. The van der Waals surface area contributed by atoms with Gasteiger partial charge >= 0.3 is 0 Å². The Labute approximate surface area is 138 Å². The number of hydrogen-bond donors (Lipinski definition) is 0. The summed E-state index contributed by atoms with van der Waals surface area (Å²) in [5, 5.41) is 0. The highest BCUT2D eigenvalue weighted by Crippen LogP contribution is 2.30. The van der Waals surface area contributed by atoms with Gasteiger partial charge in [0.25, 0.3) is 5.91 Å². The van der Waals surface area contributed by atoms with Crippen LogP contribution in [0.3, 0.4) is 0 Å². The average molecular weight is 386 g/mol. The lowest BCUT2D eigenvalue weighted by molar-refractivity contribution is -0.127. The van der Waals surface area contributed by atoms with Crippen molar-refractivity contribution in [3.63, 3.8) is 0 Å². The number of likely N-dealkylation sites (N-methyl/N-ethyl adjacent to an activating group) is 1. The molecular weight excluding hydrogens is 370 g/mol. The zero-order chi connectivity index (χ0) is 15.9. The van der Waals surface area contributed by atoms with Gasteiger partial charge in [0.1, 0.15) is 12.4 Å². The number of ether oxygens (including phenoxy) is 1. The fourth-order valence-corrected chi connectivity index (χ4v) is 4.90. The molecule has 1 fully saturated rings. The van der Waals surface area contributed by atoms with E-state index in [4.69, 9.17) is 4.74 Å². The van der Waals surface area contributed by atoms with Crippen molar-refractivity contribution >= 4 is 37.8 Å². The van der Waals surface area contributed by atoms with E-state index in [-0.39, 0.29) is 30.1 Å². The zero-order valence-corrected chi connectivity index (χ0v) is 14.5. The molecule has 2 aliphatic rings. The second kappa shape index (κ2) is 5.70. The van der Waals surface area contributed by atoms with Gasteiger partial charge in [0.2, 0.25) is 0 Å². The summed E-state index contributed by atoms with van der Waals surface area (Å²) in [6, 6.07) is 5.38. The number of nitrogens with zero attached hydrogens (tertiary/aromatic N) is 1. The minimum Gasteiger partial charge on any atom is -0.488 e. The molecule has 0 unspecified atom stereocenters. The lowest BCUT2D eigenvalue weighted by Crippen LogP contribution is -2.39. The Bertz CT molecular complexity index is 757. The minimum absolute atomic E-state index is 0.0471. The first-order chi connectivity index (χ1) is 10.4. The molecule has 7 heteroatoms. The third kappa shape index (κ3) is 3.05. The summed E-state index contributed by atoms with van der Waals surface area (Å²) in [7, 11) is -1.35. The smallest absolute Gasteiger partial charge is 0.253 e. The topological polar surface area (TPSA) is 63.7 Å². The summed E-state index contributed by atoms with van der Waals surface area (Å²) in [6.45, 7) is 0.206. The number of carbonyl (C=O) groups is 1. The number of amides is 1. The highest BCUT2D eigenvalue weighted by atomic mass is 79.9. The van der Waals surface area contributed by atoms with Crippen molar-refractivity contribution in [3.8, 4) is 5.75 Å². The van der Waals surface area contributed by atoms with Gasteiger partial charge in [-0.1, -0.05) is 15.9 Å². The van der Waals surface area contributed by atoms with E-state index in [1.54, 1.807) is 7.05 Å². The van der Waals surface area contributed by atoms with Gasteiger partial charge < -0.3 is 9.64 Å². The normalized spacial score (nSPS) is 22.5. The predicted molar refractivity (Wildman–Crippen MR) is 87.4 cm³/mol. The van der Waals surface area contributed by atoms with Crippen LogP contribution in [-0.4, -0.2) is 50.4 Å². The third-order valence-corrected chi connectivity index (χ3v) is 6.28. The Morgan fingerprint density at radius 2 is 2.18 bits per heavy atom. The van der Waals surface area contributed by atoms with Gasteiger partial charge in [-0.2, -0.15) is 0 Å². The van der Waals surface area contributed by atoms with Crippen molar-refractivity contribution in [2.75, 3.05) is 25.2 Å². The highest BCUT2D eigenvalue weighted by molar-refractivity contribution is 9.10. The molecule has 5 nitrogen and oxygen atoms in total. The zero-order valence-electron chi connectivity index (χ0n) is 12.1. The Morgan fingerprint density at radius 1 is 1.41 bits per heavy atom. The first-order valence-electron chi connectivity index (χ1n) is 6.96. The molecule has 0 saturated carbocycles. The van der Waals surface area contributed by atoms with E-state index in [9.17, 15) is 13.2 Å². The summed E-state index contributed by atoms with van der Waals surface area (Å²) in [4.78, 5) is 14.1. The van der Waals surface area contributed by atoms with Gasteiger partial charge in [-0.3, -0.25) is 4.79 Å². The van der Waals surface area contributed by atoms with Crippen LogP contribution in [0.15, 0.2) is 28.2 Å². The molecule has 0 bridgehead atoms. The minimum atomic E-state index is -3.01. The molecule has 1 aromatic rings. The quantitative estimate of drug-likeness (QED) is 0.779. The molecule has 118 valence electrons. The van der Waals surface area contributed by atoms with Crippen LogP contribution in [0.1, 0.15) is 12.0 Å². The van der Waals surface area contributed by atoms with Crippen LogP contribution in [0, 0.1) is 0 Å². The van der Waals surface area contributed by atoms with Crippen LogP contribution < -0.4 is 4.74 Å². The molecule has 0 spiro atoms. The number of fused-ring (bicyclic) bond motifs is 1. The Balaban J connectivity index is 1.81. The van der Waals surface area contributed by atoms with E-state index in [2.05, 4.69) is 15.9 Å². The molecule has 2 heterocycles. The molecule has 2 aliphatic heterocycles. The maximum absolute atomic E-state index is 12.6. The summed E-state index contributed by atoms with van der Waals surface area (Å²) in [5.74, 6) is 0.769. The maximum atomic E-state index is 12.6. The van der Waals surface area contributed by atoms with E-state index in [0.717, 1.165) is 15.8 Å². The lowest BCUT2D eigenvalue weighted by Gasteiger charge is -2.26. The first kappa shape index (κ1) is 15.6. The van der Waals surface area contributed by atoms with Crippen LogP contribution in [0.4, 0.5) is 0 Å². The second-order valence-corrected chi connectivity index (χ2v) is 8.76. The Morgan fingerprint density at radius 3 is 2.86 bits per heavy atom. The number of carbonyl (C=O) groups excluding carboxylic acids is 1. The fourth-order valence-electron chi connectivity index (χ4n) is 2.75. The van der Waals surface area contributed by atoms with Gasteiger partial charge in [0.05, 0.1) is 17.1 Å². The lowest BCUT2D eigenvalue weighted by atomic mass is 10.1. The number of halogens is 1. The molecule has 0 aliphatic carbocycles. The van der Waals surface area contributed by atoms with Crippen molar-refractivity contribution in [3.05, 3.63) is 33.8 Å². The number of benzene rings is 1. The molecule has 22 heavy (non-hydrogen) atoms. The summed E-state index contributed by atoms with van der Waals surface area (Å²) in [5.41, 5.74) is 1.38. The second-order valence-electron chi connectivity index (χ2n) is 5.61. The van der Waals surface area contributed by atoms with Crippen LogP contribution >= 0.6 is 15.9 Å². The molecule has 1 aromatic carbocycles. The molecule has 0 N–H and O–H groups in total. The standard InChI is InChI=1S/C15H16BrNO4S/c1-17(13-4-5-22(19,20)9-13)15(18)11-6-10-7-12(16)2-3-14(10)21-8-11/h2-3,6-7,13H,4-5,8-9H2,1H3/t13-/m0/s1. The van der Waals surface area contributed by atoms with Crippen molar-refractivity contribution in [2.24, 2.45) is 0 Å². The van der Waals surface area contributed by atoms with Crippen LogP contribution in [0.2, 0.25) is 0 Å². The van der Waals surface area contributed by atoms with Crippen molar-refractivity contribution in [2.45, 2.75) is 12.5 Å². The molecule has 1 atom stereocenters. The van der Waals surface area contributed by atoms with Crippen LogP contribution in [0.25, 0.3) is 6.08 Å².